The van der Waals surface area contributed by atoms with E-state index in [1.807, 2.05) is 23.6 Å². The van der Waals surface area contributed by atoms with Crippen LogP contribution in [0.25, 0.3) is 10.9 Å². The molecule has 1 aliphatic carbocycles. The highest BCUT2D eigenvalue weighted by atomic mass is 16.6. The molecule has 1 aliphatic heterocycles. The van der Waals surface area contributed by atoms with Gasteiger partial charge in [0, 0.05) is 30.7 Å². The molecule has 0 spiro atoms. The highest BCUT2D eigenvalue weighted by Gasteiger charge is 2.33. The summed E-state index contributed by atoms with van der Waals surface area (Å²) in [5.41, 5.74) is 2.42. The highest BCUT2D eigenvalue weighted by molar-refractivity contribution is 5.95. The maximum absolute atomic E-state index is 13.2. The molecule has 3 heterocycles. The molecule has 2 amide bonds. The molecule has 0 radical (unpaired) electrons. The Balaban J connectivity index is 1.18. The van der Waals surface area contributed by atoms with Gasteiger partial charge in [0.05, 0.1) is 18.7 Å². The predicted octanol–water partition coefficient (Wildman–Crippen LogP) is 2.35. The molecule has 2 aliphatic rings. The van der Waals surface area contributed by atoms with Crippen LogP contribution in [0.2, 0.25) is 0 Å². The Labute approximate surface area is 247 Å². The van der Waals surface area contributed by atoms with Crippen LogP contribution in [0.15, 0.2) is 34.1 Å². The van der Waals surface area contributed by atoms with Crippen molar-refractivity contribution in [1.82, 2.24) is 19.9 Å². The average Bonchev–Trinajstić information content (AvgIpc) is 3.59. The average molecular weight is 593 g/mol. The van der Waals surface area contributed by atoms with Crippen LogP contribution in [-0.2, 0) is 33.7 Å². The lowest BCUT2D eigenvalue weighted by Gasteiger charge is -2.15. The summed E-state index contributed by atoms with van der Waals surface area (Å²) in [4.78, 5) is 69.7. The minimum atomic E-state index is -0.601. The second-order valence-corrected chi connectivity index (χ2v) is 10.7. The summed E-state index contributed by atoms with van der Waals surface area (Å²) in [6.45, 7) is 7.82. The number of hydrogen-bond acceptors (Lipinski definition) is 9. The Hall–Kier alpha value is -4.52. The zero-order chi connectivity index (χ0) is 30.7. The van der Waals surface area contributed by atoms with Crippen molar-refractivity contribution in [2.24, 2.45) is 5.92 Å². The Kier molecular flexibility index (Phi) is 8.90. The van der Waals surface area contributed by atoms with Gasteiger partial charge in [-0.1, -0.05) is 13.0 Å². The number of pyridine rings is 1. The highest BCUT2D eigenvalue weighted by Crippen LogP contribution is 2.32. The molecule has 1 saturated heterocycles. The van der Waals surface area contributed by atoms with Crippen LogP contribution in [0.3, 0.4) is 0 Å². The number of carbonyl (C=O) groups is 3. The van der Waals surface area contributed by atoms with Gasteiger partial charge in [-0.2, -0.15) is 0 Å². The van der Waals surface area contributed by atoms with E-state index in [0.717, 1.165) is 30.5 Å². The number of ether oxygens (including phenoxy) is 2. The molecule has 2 unspecified atom stereocenters. The Morgan fingerprint density at radius 1 is 1.16 bits per heavy atom. The van der Waals surface area contributed by atoms with Gasteiger partial charge in [0.2, 0.25) is 17.2 Å². The molecule has 1 fully saturated rings. The van der Waals surface area contributed by atoms with Crippen molar-refractivity contribution >= 4 is 40.5 Å². The predicted molar refractivity (Wildman–Crippen MR) is 160 cm³/mol. The van der Waals surface area contributed by atoms with Crippen molar-refractivity contribution in [3.63, 3.8) is 0 Å². The maximum atomic E-state index is 13.2. The van der Waals surface area contributed by atoms with Gasteiger partial charge >= 0.3 is 12.1 Å². The molecule has 0 saturated carbocycles. The third-order valence-corrected chi connectivity index (χ3v) is 7.86. The summed E-state index contributed by atoms with van der Waals surface area (Å²) >= 11 is 0. The molecule has 0 bridgehead atoms. The minimum Gasteiger partial charge on any atom is -0.462 e. The van der Waals surface area contributed by atoms with Gasteiger partial charge in [-0.05, 0) is 69.3 Å². The smallest absolute Gasteiger partial charge is 0.415 e. The van der Waals surface area contributed by atoms with Crippen LogP contribution < -0.4 is 26.5 Å². The Bertz CT molecular complexity index is 1680. The van der Waals surface area contributed by atoms with Crippen LogP contribution in [0.4, 0.5) is 16.4 Å². The quantitative estimate of drug-likeness (QED) is 0.224. The molecular formula is C30H36N6O7. The molecule has 2 atom stereocenters. The molecule has 3 N–H and O–H groups in total. The van der Waals surface area contributed by atoms with Crippen LogP contribution in [0, 0.1) is 5.92 Å². The first-order valence-electron chi connectivity index (χ1n) is 14.7. The van der Waals surface area contributed by atoms with E-state index >= 15 is 0 Å². The standard InChI is InChI=1S/C30H36N6O7/c1-4-24(37)34-27-28(39)32-14-23(33-27)36-15-19(43-30(36)41)9-10-31-13-17-11-18-7-8-20-25(21(18)12-17)35(5-2)16-22(26(20)38)29(40)42-6-3/h7-8,14,16-17,19,31H,4-6,9-13,15H2,1-3H3,(H,32,39)(H,33,34,37). The largest absolute Gasteiger partial charge is 0.462 e. The summed E-state index contributed by atoms with van der Waals surface area (Å²) in [6, 6.07) is 3.81. The number of hydrogen-bond donors (Lipinski definition) is 3. The first-order valence-corrected chi connectivity index (χ1v) is 14.7. The van der Waals surface area contributed by atoms with Crippen molar-refractivity contribution in [3.8, 4) is 0 Å². The van der Waals surface area contributed by atoms with Crippen LogP contribution in [0.1, 0.15) is 55.1 Å². The number of aryl methyl sites for hydroxylation is 1. The number of aromatic amines is 1. The Morgan fingerprint density at radius 2 is 1.98 bits per heavy atom. The van der Waals surface area contributed by atoms with Gasteiger partial charge in [-0.3, -0.25) is 19.3 Å². The SMILES string of the molecule is CCOC(=O)c1cn(CC)c2c3c(ccc2c1=O)CC(CNCCC1CN(c2c[nH]c(=O)c(NC(=O)CC)n2)C(=O)O1)C3. The zero-order valence-electron chi connectivity index (χ0n) is 24.5. The number of rotatable bonds is 11. The van der Waals surface area contributed by atoms with Crippen LogP contribution >= 0.6 is 0 Å². The number of fused-ring (bicyclic) bond motifs is 3. The first-order chi connectivity index (χ1) is 20.7. The summed E-state index contributed by atoms with van der Waals surface area (Å²) in [5, 5.41) is 6.45. The van der Waals surface area contributed by atoms with Crippen molar-refractivity contribution in [2.75, 3.05) is 36.5 Å². The van der Waals surface area contributed by atoms with Crippen molar-refractivity contribution in [3.05, 3.63) is 61.8 Å². The molecule has 5 rings (SSSR count). The molecule has 1 aromatic carbocycles. The van der Waals surface area contributed by atoms with Gasteiger partial charge in [0.15, 0.2) is 5.82 Å². The maximum Gasteiger partial charge on any atom is 0.415 e. The van der Waals surface area contributed by atoms with Crippen LogP contribution in [-0.4, -0.2) is 64.8 Å². The molecule has 228 valence electrons. The monoisotopic (exact) mass is 592 g/mol. The number of amides is 2. The van der Waals surface area contributed by atoms with E-state index in [1.165, 1.54) is 16.7 Å². The normalized spacial score (nSPS) is 17.7. The van der Waals surface area contributed by atoms with E-state index < -0.39 is 17.6 Å². The third-order valence-electron chi connectivity index (χ3n) is 7.86. The lowest BCUT2D eigenvalue weighted by Crippen LogP contribution is -2.30. The van der Waals surface area contributed by atoms with Crippen molar-refractivity contribution < 1.29 is 23.9 Å². The number of carbonyl (C=O) groups excluding carboxylic acids is 3. The second kappa shape index (κ2) is 12.8. The second-order valence-electron chi connectivity index (χ2n) is 10.7. The summed E-state index contributed by atoms with van der Waals surface area (Å²) < 4.78 is 12.6. The molecule has 2 aromatic heterocycles. The Morgan fingerprint density at radius 3 is 2.72 bits per heavy atom. The zero-order valence-corrected chi connectivity index (χ0v) is 24.5. The van der Waals surface area contributed by atoms with E-state index in [9.17, 15) is 24.0 Å². The lowest BCUT2D eigenvalue weighted by atomic mass is 10.0. The van der Waals surface area contributed by atoms with Gasteiger partial charge in [-0.25, -0.2) is 14.6 Å². The number of nitrogens with one attached hydrogen (secondary N) is 3. The molecule has 13 nitrogen and oxygen atoms in total. The van der Waals surface area contributed by atoms with Gasteiger partial charge < -0.3 is 29.7 Å². The van der Waals surface area contributed by atoms with Crippen LogP contribution in [0.5, 0.6) is 0 Å². The molecule has 3 aromatic rings. The number of aromatic nitrogens is 3. The minimum absolute atomic E-state index is 0.0542. The fraction of sp³-hybridized carbons (Fsp3) is 0.467. The summed E-state index contributed by atoms with van der Waals surface area (Å²) in [5.74, 6) is -0.597. The number of benzene rings is 1. The van der Waals surface area contributed by atoms with E-state index in [4.69, 9.17) is 9.47 Å². The third kappa shape index (κ3) is 6.17. The molecule has 43 heavy (non-hydrogen) atoms. The number of esters is 1. The van der Waals surface area contributed by atoms with Gasteiger partial charge in [0.1, 0.15) is 11.7 Å². The van der Waals surface area contributed by atoms with E-state index in [0.29, 0.717) is 30.8 Å². The topological polar surface area (TPSA) is 165 Å². The van der Waals surface area contributed by atoms with Crippen molar-refractivity contribution in [2.45, 2.75) is 59.1 Å². The van der Waals surface area contributed by atoms with E-state index in [2.05, 4.69) is 20.6 Å². The fourth-order valence-corrected chi connectivity index (χ4v) is 5.72. The lowest BCUT2D eigenvalue weighted by molar-refractivity contribution is -0.115. The van der Waals surface area contributed by atoms with Gasteiger partial charge in [0.25, 0.3) is 5.56 Å². The summed E-state index contributed by atoms with van der Waals surface area (Å²) in [7, 11) is 0. The number of nitrogens with zero attached hydrogens (tertiary/aromatic N) is 3. The molecular weight excluding hydrogens is 556 g/mol. The number of cyclic esters (lactones) is 1. The first kappa shape index (κ1) is 30.0. The number of H-pyrrole nitrogens is 1. The molecule has 13 heteroatoms. The van der Waals surface area contributed by atoms with Crippen molar-refractivity contribution in [1.29, 1.82) is 0 Å². The summed E-state index contributed by atoms with van der Waals surface area (Å²) in [6.07, 6.45) is 4.46. The van der Waals surface area contributed by atoms with E-state index in [-0.39, 0.29) is 54.2 Å². The van der Waals surface area contributed by atoms with E-state index in [1.54, 1.807) is 20.0 Å². The van der Waals surface area contributed by atoms with Gasteiger partial charge in [-0.15, -0.1) is 0 Å². The number of anilines is 2. The fourth-order valence-electron chi connectivity index (χ4n) is 5.72.